The maximum absolute atomic E-state index is 12.1. The van der Waals surface area contributed by atoms with Crippen molar-refractivity contribution in [1.29, 1.82) is 0 Å². The van der Waals surface area contributed by atoms with Crippen molar-refractivity contribution in [2.45, 2.75) is 26.3 Å². The monoisotopic (exact) mass is 521 g/mol. The van der Waals surface area contributed by atoms with Crippen molar-refractivity contribution in [2.24, 2.45) is 10.9 Å². The lowest BCUT2D eigenvalue weighted by atomic mass is 9.98. The summed E-state index contributed by atoms with van der Waals surface area (Å²) in [7, 11) is 6.55. The molecule has 9 heteroatoms. The Morgan fingerprint density at radius 3 is 2.41 bits per heavy atom. The number of carbonyl (C=O) groups is 1. The lowest BCUT2D eigenvalue weighted by Crippen LogP contribution is -2.48. The molecule has 0 saturated carbocycles. The van der Waals surface area contributed by atoms with Crippen LogP contribution in [0.1, 0.15) is 25.3 Å². The van der Waals surface area contributed by atoms with Gasteiger partial charge < -0.3 is 29.2 Å². The second-order valence-electron chi connectivity index (χ2n) is 6.46. The zero-order chi connectivity index (χ0) is 20.5. The second kappa shape index (κ2) is 12.6. The Kier molecular flexibility index (Phi) is 10.9. The van der Waals surface area contributed by atoms with E-state index >= 15 is 0 Å². The van der Waals surface area contributed by atoms with Gasteiger partial charge in [-0.15, -0.1) is 24.0 Å². The summed E-state index contributed by atoms with van der Waals surface area (Å²) in [6.07, 6.45) is 1.76. The number of nitrogens with zero attached hydrogens (tertiary/aromatic N) is 2. The highest BCUT2D eigenvalue weighted by atomic mass is 127. The van der Waals surface area contributed by atoms with Crippen LogP contribution in [0.2, 0.25) is 0 Å². The first kappa shape index (κ1) is 25.1. The van der Waals surface area contributed by atoms with Crippen LogP contribution in [0.4, 0.5) is 0 Å². The molecule has 1 aromatic rings. The molecule has 2 rings (SSSR count). The topological polar surface area (TPSA) is 81.6 Å². The Balaban J connectivity index is 0.00000420. The Labute approximate surface area is 189 Å². The minimum absolute atomic E-state index is 0. The minimum atomic E-state index is -0.135. The number of guanidine groups is 1. The first-order valence-corrected chi connectivity index (χ1v) is 9.49. The lowest BCUT2D eigenvalue weighted by Gasteiger charge is -2.34. The van der Waals surface area contributed by atoms with Gasteiger partial charge in [-0.05, 0) is 25.8 Å². The van der Waals surface area contributed by atoms with Crippen molar-refractivity contribution in [3.63, 3.8) is 0 Å². The zero-order valence-electron chi connectivity index (χ0n) is 17.8. The molecule has 8 nitrogen and oxygen atoms in total. The standard InChI is InChI=1S/C20H31N3O5.HI/c1-6-28-19(24)14-8-7-9-23(13-14)20(21-2)22-12-15-10-17(26-4)18(27-5)11-16(15)25-3;/h10-11,14H,6-9,12-13H2,1-5H3,(H,21,22);1H. The van der Waals surface area contributed by atoms with Crippen LogP contribution in [0.5, 0.6) is 17.2 Å². The number of aliphatic imine (C=N–C) groups is 1. The third kappa shape index (κ3) is 6.55. The number of esters is 1. The summed E-state index contributed by atoms with van der Waals surface area (Å²) in [5, 5.41) is 3.36. The summed E-state index contributed by atoms with van der Waals surface area (Å²) >= 11 is 0. The molecule has 29 heavy (non-hydrogen) atoms. The number of hydrogen-bond acceptors (Lipinski definition) is 6. The van der Waals surface area contributed by atoms with Gasteiger partial charge in [0.15, 0.2) is 17.5 Å². The molecule has 1 atom stereocenters. The van der Waals surface area contributed by atoms with E-state index < -0.39 is 0 Å². The zero-order valence-corrected chi connectivity index (χ0v) is 20.1. The van der Waals surface area contributed by atoms with E-state index in [-0.39, 0.29) is 35.9 Å². The van der Waals surface area contributed by atoms with Gasteiger partial charge in [0.1, 0.15) is 5.75 Å². The number of ether oxygens (including phenoxy) is 4. The summed E-state index contributed by atoms with van der Waals surface area (Å²) in [5.41, 5.74) is 0.917. The van der Waals surface area contributed by atoms with Crippen LogP contribution in [0.3, 0.4) is 0 Å². The van der Waals surface area contributed by atoms with Crippen LogP contribution in [0.25, 0.3) is 0 Å². The highest BCUT2D eigenvalue weighted by Gasteiger charge is 2.28. The van der Waals surface area contributed by atoms with Crippen molar-refractivity contribution in [1.82, 2.24) is 10.2 Å². The number of hydrogen-bond donors (Lipinski definition) is 1. The number of carbonyl (C=O) groups excluding carboxylic acids is 1. The van der Waals surface area contributed by atoms with E-state index in [9.17, 15) is 4.79 Å². The van der Waals surface area contributed by atoms with Gasteiger partial charge in [-0.25, -0.2) is 0 Å². The first-order chi connectivity index (χ1) is 13.6. The van der Waals surface area contributed by atoms with Crippen LogP contribution in [-0.4, -0.2) is 64.9 Å². The molecule has 1 fully saturated rings. The molecule has 1 N–H and O–H groups in total. The molecule has 1 heterocycles. The fraction of sp³-hybridized carbons (Fsp3) is 0.600. The number of rotatable bonds is 7. The van der Waals surface area contributed by atoms with Gasteiger partial charge in [0.25, 0.3) is 0 Å². The molecule has 1 aliphatic rings. The van der Waals surface area contributed by atoms with Crippen molar-refractivity contribution in [3.8, 4) is 17.2 Å². The molecule has 0 amide bonds. The largest absolute Gasteiger partial charge is 0.496 e. The molecule has 0 bridgehead atoms. The summed E-state index contributed by atoms with van der Waals surface area (Å²) in [4.78, 5) is 18.6. The van der Waals surface area contributed by atoms with Gasteiger partial charge in [-0.2, -0.15) is 0 Å². The number of likely N-dealkylation sites (tertiary alicyclic amines) is 1. The van der Waals surface area contributed by atoms with Crippen molar-refractivity contribution in [2.75, 3.05) is 48.1 Å². The maximum atomic E-state index is 12.1. The molecule has 0 aliphatic carbocycles. The van der Waals surface area contributed by atoms with Gasteiger partial charge in [-0.3, -0.25) is 9.79 Å². The Bertz CT molecular complexity index is 699. The average Bonchev–Trinajstić information content (AvgIpc) is 2.74. The average molecular weight is 521 g/mol. The molecular formula is C20H32IN3O5. The Morgan fingerprint density at radius 2 is 1.83 bits per heavy atom. The van der Waals surface area contributed by atoms with Gasteiger partial charge in [0.05, 0.1) is 33.9 Å². The summed E-state index contributed by atoms with van der Waals surface area (Å²) in [5.74, 6) is 2.43. The van der Waals surface area contributed by atoms with Crippen molar-refractivity contribution in [3.05, 3.63) is 17.7 Å². The van der Waals surface area contributed by atoms with Crippen molar-refractivity contribution >= 4 is 35.9 Å². The molecule has 0 spiro atoms. The number of methoxy groups -OCH3 is 3. The molecule has 1 saturated heterocycles. The predicted molar refractivity (Wildman–Crippen MR) is 123 cm³/mol. The highest BCUT2D eigenvalue weighted by Crippen LogP contribution is 2.34. The molecule has 1 aromatic carbocycles. The van der Waals surface area contributed by atoms with Crippen molar-refractivity contribution < 1.29 is 23.7 Å². The van der Waals surface area contributed by atoms with Gasteiger partial charge in [-0.1, -0.05) is 0 Å². The predicted octanol–water partition coefficient (Wildman–Crippen LogP) is 2.68. The van der Waals surface area contributed by atoms with Crippen LogP contribution in [0.15, 0.2) is 17.1 Å². The quantitative estimate of drug-likeness (QED) is 0.256. The second-order valence-corrected chi connectivity index (χ2v) is 6.46. The van der Waals surface area contributed by atoms with E-state index in [0.29, 0.717) is 36.9 Å². The smallest absolute Gasteiger partial charge is 0.310 e. The minimum Gasteiger partial charge on any atom is -0.496 e. The number of nitrogens with one attached hydrogen (secondary N) is 1. The third-order valence-electron chi connectivity index (χ3n) is 4.78. The van der Waals surface area contributed by atoms with Gasteiger partial charge in [0.2, 0.25) is 0 Å². The number of halogens is 1. The van der Waals surface area contributed by atoms with Gasteiger partial charge >= 0.3 is 5.97 Å². The fourth-order valence-electron chi connectivity index (χ4n) is 3.36. The molecule has 1 aliphatic heterocycles. The molecular weight excluding hydrogens is 489 g/mol. The van der Waals surface area contributed by atoms with Gasteiger partial charge in [0, 0.05) is 38.3 Å². The van der Waals surface area contributed by atoms with Crippen LogP contribution in [0, 0.1) is 5.92 Å². The normalized spacial score (nSPS) is 16.5. The molecule has 0 aromatic heterocycles. The maximum Gasteiger partial charge on any atom is 0.310 e. The lowest BCUT2D eigenvalue weighted by molar-refractivity contribution is -0.149. The molecule has 1 unspecified atom stereocenters. The Morgan fingerprint density at radius 1 is 1.17 bits per heavy atom. The van der Waals surface area contributed by atoms with Crippen LogP contribution in [-0.2, 0) is 16.1 Å². The fourth-order valence-corrected chi connectivity index (χ4v) is 3.36. The Hall–Kier alpha value is -1.91. The van der Waals surface area contributed by atoms with E-state index in [4.69, 9.17) is 18.9 Å². The third-order valence-corrected chi connectivity index (χ3v) is 4.78. The van der Waals surface area contributed by atoms with E-state index in [1.807, 2.05) is 13.0 Å². The van der Waals surface area contributed by atoms with E-state index in [1.165, 1.54) is 0 Å². The SMILES string of the molecule is CCOC(=O)C1CCCN(C(=NC)NCc2cc(OC)c(OC)cc2OC)C1.I. The first-order valence-electron chi connectivity index (χ1n) is 9.49. The summed E-state index contributed by atoms with van der Waals surface area (Å²) < 4.78 is 21.4. The highest BCUT2D eigenvalue weighted by molar-refractivity contribution is 14.0. The number of benzene rings is 1. The summed E-state index contributed by atoms with van der Waals surface area (Å²) in [6.45, 7) is 4.17. The van der Waals surface area contributed by atoms with E-state index in [0.717, 1.165) is 30.9 Å². The summed E-state index contributed by atoms with van der Waals surface area (Å²) in [6, 6.07) is 3.69. The van der Waals surface area contributed by atoms with E-state index in [1.54, 1.807) is 34.4 Å². The van der Waals surface area contributed by atoms with Crippen LogP contribution >= 0.6 is 24.0 Å². The number of piperidine rings is 1. The van der Waals surface area contributed by atoms with Crippen LogP contribution < -0.4 is 19.5 Å². The van der Waals surface area contributed by atoms with E-state index in [2.05, 4.69) is 15.2 Å². The molecule has 0 radical (unpaired) electrons. The molecule has 164 valence electrons.